The van der Waals surface area contributed by atoms with E-state index < -0.39 is 5.97 Å². The number of benzene rings is 1. The summed E-state index contributed by atoms with van der Waals surface area (Å²) in [6.07, 6.45) is 3.65. The van der Waals surface area contributed by atoms with E-state index >= 15 is 0 Å². The molecule has 1 N–H and O–H groups in total. The van der Waals surface area contributed by atoms with Crippen molar-refractivity contribution in [1.82, 2.24) is 4.90 Å². The molecule has 2 unspecified atom stereocenters. The molecule has 4 nitrogen and oxygen atoms in total. The Kier molecular flexibility index (Phi) is 4.65. The van der Waals surface area contributed by atoms with Crippen LogP contribution in [0.3, 0.4) is 0 Å². The topological polar surface area (TPSA) is 49.8 Å². The summed E-state index contributed by atoms with van der Waals surface area (Å²) in [6, 6.07) is 6.60. The minimum absolute atomic E-state index is 0.220. The summed E-state index contributed by atoms with van der Waals surface area (Å²) in [6.45, 7) is 5.35. The minimum atomic E-state index is -0.950. The van der Waals surface area contributed by atoms with Crippen LogP contribution in [0.1, 0.15) is 49.0 Å². The maximum atomic E-state index is 11.1. The van der Waals surface area contributed by atoms with Crippen molar-refractivity contribution in [1.29, 1.82) is 0 Å². The number of hydrogen-bond donors (Lipinski definition) is 1. The van der Waals surface area contributed by atoms with E-state index in [2.05, 4.69) is 18.7 Å². The Balaban J connectivity index is 2.19. The van der Waals surface area contributed by atoms with E-state index in [0.29, 0.717) is 17.8 Å². The van der Waals surface area contributed by atoms with E-state index in [9.17, 15) is 4.79 Å². The van der Waals surface area contributed by atoms with Crippen LogP contribution < -0.4 is 4.74 Å². The number of ether oxygens (including phenoxy) is 1. The van der Waals surface area contributed by atoms with Gasteiger partial charge in [0.1, 0.15) is 11.3 Å². The standard InChI is InChI=1S/C16H23NO3/c1-4-13-7-5-11(2)17(13)10-12-6-8-14(16(18)19)15(9-12)20-3/h6,8-9,11,13H,4-5,7,10H2,1-3H3,(H,18,19). The molecule has 2 atom stereocenters. The van der Waals surface area contributed by atoms with Crippen LogP contribution in [0.15, 0.2) is 18.2 Å². The Morgan fingerprint density at radius 1 is 1.45 bits per heavy atom. The Hall–Kier alpha value is -1.55. The first kappa shape index (κ1) is 14.9. The van der Waals surface area contributed by atoms with Crippen LogP contribution in [0.4, 0.5) is 0 Å². The average Bonchev–Trinajstić information content (AvgIpc) is 2.79. The van der Waals surface area contributed by atoms with E-state index in [1.807, 2.05) is 12.1 Å². The number of carboxylic acids is 1. The fourth-order valence-corrected chi connectivity index (χ4v) is 3.07. The van der Waals surface area contributed by atoms with Gasteiger partial charge in [-0.3, -0.25) is 4.90 Å². The van der Waals surface area contributed by atoms with Gasteiger partial charge >= 0.3 is 5.97 Å². The molecule has 1 aliphatic rings. The lowest BCUT2D eigenvalue weighted by atomic mass is 10.1. The summed E-state index contributed by atoms with van der Waals surface area (Å²) in [5.41, 5.74) is 1.33. The van der Waals surface area contributed by atoms with E-state index in [1.165, 1.54) is 20.0 Å². The summed E-state index contributed by atoms with van der Waals surface area (Å²) in [5, 5.41) is 9.10. The summed E-state index contributed by atoms with van der Waals surface area (Å²) >= 11 is 0. The number of carbonyl (C=O) groups is 1. The van der Waals surface area contributed by atoms with Crippen molar-refractivity contribution in [2.45, 2.75) is 51.7 Å². The van der Waals surface area contributed by atoms with Gasteiger partial charge in [0.25, 0.3) is 0 Å². The first-order valence-corrected chi connectivity index (χ1v) is 7.22. The summed E-state index contributed by atoms with van der Waals surface area (Å²) in [4.78, 5) is 13.6. The zero-order chi connectivity index (χ0) is 14.7. The van der Waals surface area contributed by atoms with Gasteiger partial charge in [0.2, 0.25) is 0 Å². The van der Waals surface area contributed by atoms with Crippen LogP contribution in [0.5, 0.6) is 5.75 Å². The van der Waals surface area contributed by atoms with Crippen molar-refractivity contribution in [3.05, 3.63) is 29.3 Å². The van der Waals surface area contributed by atoms with E-state index in [0.717, 1.165) is 18.5 Å². The van der Waals surface area contributed by atoms with Crippen molar-refractivity contribution in [2.75, 3.05) is 7.11 Å². The normalized spacial score (nSPS) is 22.9. The van der Waals surface area contributed by atoms with Crippen molar-refractivity contribution in [3.8, 4) is 5.75 Å². The lowest BCUT2D eigenvalue weighted by Gasteiger charge is -2.28. The average molecular weight is 277 g/mol. The summed E-state index contributed by atoms with van der Waals surface area (Å²) in [5.74, 6) is -0.510. The number of likely N-dealkylation sites (tertiary alicyclic amines) is 1. The molecule has 2 rings (SSSR count). The predicted octanol–water partition coefficient (Wildman–Crippen LogP) is 3.16. The second-order valence-electron chi connectivity index (χ2n) is 5.50. The fourth-order valence-electron chi connectivity index (χ4n) is 3.07. The van der Waals surface area contributed by atoms with Gasteiger partial charge < -0.3 is 9.84 Å². The van der Waals surface area contributed by atoms with Gasteiger partial charge in [0.15, 0.2) is 0 Å². The molecular weight excluding hydrogens is 254 g/mol. The molecule has 4 heteroatoms. The van der Waals surface area contributed by atoms with Gasteiger partial charge in [-0.05, 0) is 43.9 Å². The lowest BCUT2D eigenvalue weighted by Crippen LogP contribution is -2.33. The molecule has 20 heavy (non-hydrogen) atoms. The van der Waals surface area contributed by atoms with Crippen molar-refractivity contribution >= 4 is 5.97 Å². The number of nitrogens with zero attached hydrogens (tertiary/aromatic N) is 1. The molecule has 110 valence electrons. The number of hydrogen-bond acceptors (Lipinski definition) is 3. The van der Waals surface area contributed by atoms with Crippen LogP contribution in [0, 0.1) is 0 Å². The lowest BCUT2D eigenvalue weighted by molar-refractivity contribution is 0.0693. The number of aromatic carboxylic acids is 1. The van der Waals surface area contributed by atoms with Gasteiger partial charge in [-0.2, -0.15) is 0 Å². The third-order valence-electron chi connectivity index (χ3n) is 4.29. The van der Waals surface area contributed by atoms with Gasteiger partial charge in [-0.15, -0.1) is 0 Å². The molecule has 1 fully saturated rings. The Morgan fingerprint density at radius 3 is 2.80 bits per heavy atom. The second-order valence-corrected chi connectivity index (χ2v) is 5.50. The highest BCUT2D eigenvalue weighted by Gasteiger charge is 2.29. The van der Waals surface area contributed by atoms with Crippen molar-refractivity contribution in [3.63, 3.8) is 0 Å². The molecule has 0 bridgehead atoms. The highest BCUT2D eigenvalue weighted by Crippen LogP contribution is 2.29. The first-order chi connectivity index (χ1) is 9.56. The van der Waals surface area contributed by atoms with Crippen LogP contribution in [-0.2, 0) is 6.54 Å². The largest absolute Gasteiger partial charge is 0.496 e. The van der Waals surface area contributed by atoms with Crippen molar-refractivity contribution < 1.29 is 14.6 Å². The van der Waals surface area contributed by atoms with E-state index in [-0.39, 0.29) is 5.56 Å². The smallest absolute Gasteiger partial charge is 0.339 e. The minimum Gasteiger partial charge on any atom is -0.496 e. The fraction of sp³-hybridized carbons (Fsp3) is 0.562. The highest BCUT2D eigenvalue weighted by atomic mass is 16.5. The second kappa shape index (κ2) is 6.27. The maximum absolute atomic E-state index is 11.1. The highest BCUT2D eigenvalue weighted by molar-refractivity contribution is 5.90. The SMILES string of the molecule is CCC1CCC(C)N1Cc1ccc(C(=O)O)c(OC)c1. The number of methoxy groups -OCH3 is 1. The molecule has 0 radical (unpaired) electrons. The van der Waals surface area contributed by atoms with Gasteiger partial charge in [-0.1, -0.05) is 13.0 Å². The molecule has 0 aromatic heterocycles. The molecule has 0 amide bonds. The molecule has 1 saturated heterocycles. The number of rotatable bonds is 5. The molecule has 1 aromatic carbocycles. The molecule has 0 saturated carbocycles. The third-order valence-corrected chi connectivity index (χ3v) is 4.29. The van der Waals surface area contributed by atoms with Crippen LogP contribution in [0.2, 0.25) is 0 Å². The molecule has 0 aliphatic carbocycles. The molecule has 0 spiro atoms. The van der Waals surface area contributed by atoms with E-state index in [4.69, 9.17) is 9.84 Å². The van der Waals surface area contributed by atoms with Crippen LogP contribution in [-0.4, -0.2) is 35.2 Å². The Morgan fingerprint density at radius 2 is 2.20 bits per heavy atom. The van der Waals surface area contributed by atoms with Gasteiger partial charge in [-0.25, -0.2) is 4.79 Å². The predicted molar refractivity (Wildman–Crippen MR) is 78.3 cm³/mol. The van der Waals surface area contributed by atoms with E-state index in [1.54, 1.807) is 6.07 Å². The van der Waals surface area contributed by atoms with Crippen LogP contribution >= 0.6 is 0 Å². The number of carboxylic acid groups (broad SMARTS) is 1. The zero-order valence-corrected chi connectivity index (χ0v) is 12.4. The third kappa shape index (κ3) is 2.96. The Labute approximate surface area is 120 Å². The van der Waals surface area contributed by atoms with Crippen LogP contribution in [0.25, 0.3) is 0 Å². The zero-order valence-electron chi connectivity index (χ0n) is 12.4. The Bertz CT molecular complexity index is 487. The molecule has 1 heterocycles. The van der Waals surface area contributed by atoms with Gasteiger partial charge in [0.05, 0.1) is 7.11 Å². The molecule has 1 aromatic rings. The summed E-state index contributed by atoms with van der Waals surface area (Å²) in [7, 11) is 1.51. The molecule has 1 aliphatic heterocycles. The van der Waals surface area contributed by atoms with Crippen molar-refractivity contribution in [2.24, 2.45) is 0 Å². The maximum Gasteiger partial charge on any atom is 0.339 e. The monoisotopic (exact) mass is 277 g/mol. The van der Waals surface area contributed by atoms with Gasteiger partial charge in [0, 0.05) is 18.6 Å². The quantitative estimate of drug-likeness (QED) is 0.898. The summed E-state index contributed by atoms with van der Waals surface area (Å²) < 4.78 is 5.19. The molecular formula is C16H23NO3. The first-order valence-electron chi connectivity index (χ1n) is 7.22.